The first kappa shape index (κ1) is 22.7. The fourth-order valence-corrected chi connectivity index (χ4v) is 3.77. The molecule has 0 aliphatic heterocycles. The maximum Gasteiger partial charge on any atom is 0.331 e. The van der Waals surface area contributed by atoms with E-state index in [0.29, 0.717) is 17.0 Å². The Morgan fingerprint density at radius 3 is 2.76 bits per heavy atom. The van der Waals surface area contributed by atoms with Crippen LogP contribution in [0.5, 0.6) is 0 Å². The summed E-state index contributed by atoms with van der Waals surface area (Å²) in [5.74, 6) is -1.24. The Bertz CT molecular complexity index is 1420. The zero-order valence-corrected chi connectivity index (χ0v) is 18.7. The van der Waals surface area contributed by atoms with Crippen LogP contribution in [0.25, 0.3) is 28.2 Å². The fourth-order valence-electron chi connectivity index (χ4n) is 3.04. The lowest BCUT2D eigenvalue weighted by molar-refractivity contribution is -0.384. The highest BCUT2D eigenvalue weighted by atomic mass is 32.1. The van der Waals surface area contributed by atoms with Gasteiger partial charge in [0.25, 0.3) is 11.6 Å². The highest BCUT2D eigenvalue weighted by Crippen LogP contribution is 2.27. The molecule has 0 aliphatic carbocycles. The first-order valence-corrected chi connectivity index (χ1v) is 11.0. The quantitative estimate of drug-likeness (QED) is 0.176. The molecule has 4 rings (SSSR count). The van der Waals surface area contributed by atoms with Crippen LogP contribution >= 0.6 is 11.3 Å². The van der Waals surface area contributed by atoms with Gasteiger partial charge in [-0.2, -0.15) is 0 Å². The number of esters is 1. The number of anilines is 1. The van der Waals surface area contributed by atoms with Crippen molar-refractivity contribution in [2.24, 2.45) is 0 Å². The first-order chi connectivity index (χ1) is 16.4. The third-order valence-electron chi connectivity index (χ3n) is 4.76. The number of amides is 1. The van der Waals surface area contributed by atoms with Crippen molar-refractivity contribution in [3.05, 3.63) is 87.9 Å². The van der Waals surface area contributed by atoms with Crippen molar-refractivity contribution in [1.29, 1.82) is 0 Å². The van der Waals surface area contributed by atoms with Gasteiger partial charge >= 0.3 is 5.97 Å². The maximum absolute atomic E-state index is 12.4. The van der Waals surface area contributed by atoms with Gasteiger partial charge in [-0.3, -0.25) is 20.2 Å². The zero-order valence-electron chi connectivity index (χ0n) is 17.9. The molecule has 2 aromatic heterocycles. The third kappa shape index (κ3) is 5.48. The third-order valence-corrected chi connectivity index (χ3v) is 5.52. The molecule has 0 bridgehead atoms. The number of nitrogens with one attached hydrogen (secondary N) is 1. The van der Waals surface area contributed by atoms with E-state index < -0.39 is 22.9 Å². The number of hydrogen-bond donors (Lipinski definition) is 1. The molecule has 1 unspecified atom stereocenters. The smallest absolute Gasteiger partial charge is 0.331 e. The van der Waals surface area contributed by atoms with Crippen molar-refractivity contribution in [3.8, 4) is 11.3 Å². The van der Waals surface area contributed by atoms with Crippen LogP contribution in [0.3, 0.4) is 0 Å². The Balaban J connectivity index is 1.34. The second kappa shape index (κ2) is 10.0. The van der Waals surface area contributed by atoms with Crippen LogP contribution in [0.1, 0.15) is 12.6 Å². The number of rotatable bonds is 7. The second-order valence-electron chi connectivity index (χ2n) is 7.18. The number of para-hydroxylation sites is 1. The Hall–Kier alpha value is -4.44. The summed E-state index contributed by atoms with van der Waals surface area (Å²) in [4.78, 5) is 43.7. The molecule has 2 aromatic carbocycles. The average molecular weight is 474 g/mol. The summed E-state index contributed by atoms with van der Waals surface area (Å²) in [5.41, 5.74) is 2.38. The van der Waals surface area contributed by atoms with Gasteiger partial charge in [-0.15, -0.1) is 11.3 Å². The number of aromatic nitrogens is 2. The summed E-state index contributed by atoms with van der Waals surface area (Å²) in [6.45, 7) is 1.45. The molecule has 0 spiro atoms. The first-order valence-electron chi connectivity index (χ1n) is 10.1. The molecular weight excluding hydrogens is 456 g/mol. The Morgan fingerprint density at radius 2 is 1.94 bits per heavy atom. The summed E-state index contributed by atoms with van der Waals surface area (Å²) in [5, 5.41) is 16.5. The minimum absolute atomic E-state index is 0.0523. The lowest BCUT2D eigenvalue weighted by Crippen LogP contribution is -2.29. The van der Waals surface area contributed by atoms with Crippen molar-refractivity contribution in [1.82, 2.24) is 9.97 Å². The molecule has 4 aromatic rings. The molecule has 1 amide bonds. The molecule has 0 aliphatic rings. The van der Waals surface area contributed by atoms with Crippen LogP contribution in [0, 0.1) is 10.1 Å². The molecule has 10 heteroatoms. The summed E-state index contributed by atoms with van der Waals surface area (Å²) >= 11 is 1.16. The van der Waals surface area contributed by atoms with Gasteiger partial charge in [0.1, 0.15) is 0 Å². The number of nitro groups is 1. The standard InChI is InChI=1S/C24H18N4O5S/c1-15(33-22(29)12-11-18-10-9-16-5-2-3-8-20(16)25-18)23(30)27-24-26-21(14-34-24)17-6-4-7-19(13-17)28(31)32/h2-15H,1H3,(H,26,27,30)/b12-11+. The highest BCUT2D eigenvalue weighted by molar-refractivity contribution is 7.14. The van der Waals surface area contributed by atoms with Crippen molar-refractivity contribution < 1.29 is 19.2 Å². The van der Waals surface area contributed by atoms with Crippen LogP contribution in [-0.4, -0.2) is 32.9 Å². The SMILES string of the molecule is CC(OC(=O)/C=C/c1ccc2ccccc2n1)C(=O)Nc1nc(-c2cccc([N+](=O)[O-])c2)cs1. The number of carbonyl (C=O) groups is 2. The Kier molecular flexibility index (Phi) is 6.69. The largest absolute Gasteiger partial charge is 0.449 e. The normalized spacial score (nSPS) is 11.9. The van der Waals surface area contributed by atoms with E-state index in [1.165, 1.54) is 31.2 Å². The van der Waals surface area contributed by atoms with Gasteiger partial charge in [0.2, 0.25) is 0 Å². The van der Waals surface area contributed by atoms with E-state index in [0.717, 1.165) is 22.2 Å². The summed E-state index contributed by atoms with van der Waals surface area (Å²) in [6, 6.07) is 17.3. The minimum Gasteiger partial charge on any atom is -0.449 e. The summed E-state index contributed by atoms with van der Waals surface area (Å²) in [7, 11) is 0. The Labute approximate surface area is 197 Å². The monoisotopic (exact) mass is 474 g/mol. The van der Waals surface area contributed by atoms with Crippen LogP contribution in [0.2, 0.25) is 0 Å². The molecule has 0 saturated heterocycles. The fraction of sp³-hybridized carbons (Fsp3) is 0.0833. The topological polar surface area (TPSA) is 124 Å². The van der Waals surface area contributed by atoms with Gasteiger partial charge < -0.3 is 4.74 Å². The predicted molar refractivity (Wildman–Crippen MR) is 129 cm³/mol. The molecular formula is C24H18N4O5S. The van der Waals surface area contributed by atoms with Gasteiger partial charge in [0.15, 0.2) is 11.2 Å². The predicted octanol–water partition coefficient (Wildman–Crippen LogP) is 4.85. The number of nitrogens with zero attached hydrogens (tertiary/aromatic N) is 3. The van der Waals surface area contributed by atoms with E-state index in [2.05, 4.69) is 15.3 Å². The number of fused-ring (bicyclic) bond motifs is 1. The van der Waals surface area contributed by atoms with Gasteiger partial charge in [0.05, 0.1) is 21.8 Å². The van der Waals surface area contributed by atoms with E-state index >= 15 is 0 Å². The average Bonchev–Trinajstić information content (AvgIpc) is 3.31. The molecule has 9 nitrogen and oxygen atoms in total. The number of nitro benzene ring substituents is 1. The summed E-state index contributed by atoms with van der Waals surface area (Å²) < 4.78 is 5.16. The molecule has 0 radical (unpaired) electrons. The molecule has 0 saturated carbocycles. The van der Waals surface area contributed by atoms with Crippen molar-refractivity contribution >= 4 is 51.0 Å². The Morgan fingerprint density at radius 1 is 1.12 bits per heavy atom. The number of thiazole rings is 1. The van der Waals surface area contributed by atoms with Crippen molar-refractivity contribution in [3.63, 3.8) is 0 Å². The van der Waals surface area contributed by atoms with Crippen LogP contribution in [-0.2, 0) is 14.3 Å². The molecule has 170 valence electrons. The molecule has 0 fully saturated rings. The molecule has 2 heterocycles. The molecule has 1 N–H and O–H groups in total. The summed E-state index contributed by atoms with van der Waals surface area (Å²) in [6.07, 6.45) is 1.67. The van der Waals surface area contributed by atoms with Gasteiger partial charge in [0, 0.05) is 34.5 Å². The van der Waals surface area contributed by atoms with Crippen molar-refractivity contribution in [2.45, 2.75) is 13.0 Å². The van der Waals surface area contributed by atoms with E-state index in [1.54, 1.807) is 23.6 Å². The zero-order chi connectivity index (χ0) is 24.1. The van der Waals surface area contributed by atoms with Crippen LogP contribution in [0.15, 0.2) is 72.1 Å². The number of pyridine rings is 1. The van der Waals surface area contributed by atoms with E-state index in [-0.39, 0.29) is 10.8 Å². The minimum atomic E-state index is -1.06. The van der Waals surface area contributed by atoms with Crippen LogP contribution < -0.4 is 5.32 Å². The van der Waals surface area contributed by atoms with E-state index in [4.69, 9.17) is 4.74 Å². The molecule has 1 atom stereocenters. The number of ether oxygens (including phenoxy) is 1. The number of non-ortho nitro benzene ring substituents is 1. The number of carbonyl (C=O) groups excluding carboxylic acids is 2. The van der Waals surface area contributed by atoms with Gasteiger partial charge in [-0.05, 0) is 25.1 Å². The lowest BCUT2D eigenvalue weighted by atomic mass is 10.1. The van der Waals surface area contributed by atoms with Gasteiger partial charge in [-0.25, -0.2) is 14.8 Å². The van der Waals surface area contributed by atoms with E-state index in [1.807, 2.05) is 30.3 Å². The number of benzene rings is 2. The van der Waals surface area contributed by atoms with Crippen molar-refractivity contribution in [2.75, 3.05) is 5.32 Å². The lowest BCUT2D eigenvalue weighted by Gasteiger charge is -2.10. The maximum atomic E-state index is 12.4. The highest BCUT2D eigenvalue weighted by Gasteiger charge is 2.18. The molecule has 34 heavy (non-hydrogen) atoms. The second-order valence-corrected chi connectivity index (χ2v) is 8.03. The van der Waals surface area contributed by atoms with E-state index in [9.17, 15) is 19.7 Å². The number of hydrogen-bond acceptors (Lipinski definition) is 8. The van der Waals surface area contributed by atoms with Crippen LogP contribution in [0.4, 0.5) is 10.8 Å². The van der Waals surface area contributed by atoms with Gasteiger partial charge in [-0.1, -0.05) is 36.4 Å².